The average Bonchev–Trinajstić information content (AvgIpc) is 2.80. The van der Waals surface area contributed by atoms with Gasteiger partial charge in [0.1, 0.15) is 0 Å². The van der Waals surface area contributed by atoms with Gasteiger partial charge in [-0.05, 0) is 194 Å². The van der Waals surface area contributed by atoms with Gasteiger partial charge in [0, 0.05) is 0 Å². The van der Waals surface area contributed by atoms with Gasteiger partial charge in [-0.15, -0.1) is 0 Å². The van der Waals surface area contributed by atoms with Crippen molar-refractivity contribution in [3.63, 3.8) is 0 Å². The second-order valence-electron chi connectivity index (χ2n) is 37.1. The summed E-state index contributed by atoms with van der Waals surface area (Å²) >= 11 is 0. The third kappa shape index (κ3) is 34.2. The molecule has 8 fully saturated rings. The van der Waals surface area contributed by atoms with E-state index in [0.717, 1.165) is 22.7 Å². The highest BCUT2D eigenvalue weighted by Crippen LogP contribution is 2.53. The molecule has 0 aromatic carbocycles. The molecule has 0 saturated heterocycles. The van der Waals surface area contributed by atoms with E-state index >= 15 is 0 Å². The van der Waals surface area contributed by atoms with Crippen LogP contribution in [0.15, 0.2) is 0 Å². The Morgan fingerprint density at radius 2 is 0.442 bits per heavy atom. The van der Waals surface area contributed by atoms with Crippen molar-refractivity contribution in [1.82, 2.24) is 0 Å². The van der Waals surface area contributed by atoms with E-state index in [4.69, 9.17) is 0 Å². The fraction of sp³-hybridized carbons (Fsp3) is 1.00. The van der Waals surface area contributed by atoms with E-state index < -0.39 is 0 Å². The summed E-state index contributed by atoms with van der Waals surface area (Å²) in [4.78, 5) is 0. The minimum absolute atomic E-state index is 0.549. The molecule has 0 heterocycles. The lowest BCUT2D eigenvalue weighted by atomic mass is 9.59. The van der Waals surface area contributed by atoms with E-state index in [1.807, 2.05) is 0 Å². The summed E-state index contributed by atoms with van der Waals surface area (Å²) in [5.74, 6) is 1.78. The minimum Gasteiger partial charge on any atom is -0.0654 e. The molecule has 8 aliphatic carbocycles. The minimum atomic E-state index is 0.549. The van der Waals surface area contributed by atoms with Gasteiger partial charge in [0.05, 0.1) is 0 Å². The van der Waals surface area contributed by atoms with Gasteiger partial charge in [0.2, 0.25) is 0 Å². The standard InChI is InChI=1S/C12H24.4C11H22.3C10H20/c1-5-11(2,3)12(4)9-7-6-8-10-12;1-10(2)9-11(3)7-5-4-6-8-11;1-5-10(2,3)11(4)8-6-7-9-11;1-3-11(2)9-7-5-4-6-8-10-11;1-3-4-8-11(2)9-6-5-7-10-11;1-9(2)8-10(3)6-4-5-7-10;1-3-10(2)8-6-4-5-7-9-10;1-3-4-7-10(2)8-5-6-9-10/h5-10H2,1-4H3;10H,4-9H2,1-3H3;5-9H2,1-4H3;2*3-10H2,1-2H3;9H,4-8H2,1-3H3;2*3-9H2,1-2H3. The summed E-state index contributed by atoms with van der Waals surface area (Å²) < 4.78 is 0. The molecule has 86 heavy (non-hydrogen) atoms. The maximum Gasteiger partial charge on any atom is -0.0275 e. The first-order chi connectivity index (χ1) is 40.4. The van der Waals surface area contributed by atoms with Crippen LogP contribution in [-0.2, 0) is 0 Å². The van der Waals surface area contributed by atoms with Crippen LogP contribution in [0.1, 0.15) is 486 Å². The number of hydrogen-bond acceptors (Lipinski definition) is 0. The van der Waals surface area contributed by atoms with E-state index in [-0.39, 0.29) is 0 Å². The lowest BCUT2D eigenvalue weighted by Gasteiger charge is -2.46. The van der Waals surface area contributed by atoms with Crippen molar-refractivity contribution in [1.29, 1.82) is 0 Å². The number of unbranched alkanes of at least 4 members (excludes halogenated alkanes) is 2. The van der Waals surface area contributed by atoms with Crippen molar-refractivity contribution in [2.75, 3.05) is 0 Å². The smallest absolute Gasteiger partial charge is 0.0275 e. The summed E-state index contributed by atoms with van der Waals surface area (Å²) in [6, 6.07) is 0. The number of rotatable bonds is 16. The van der Waals surface area contributed by atoms with Crippen LogP contribution in [0, 0.1) is 66.0 Å². The van der Waals surface area contributed by atoms with Gasteiger partial charge in [0.15, 0.2) is 0 Å². The van der Waals surface area contributed by atoms with Gasteiger partial charge >= 0.3 is 0 Å². The molecule has 8 saturated carbocycles. The van der Waals surface area contributed by atoms with Gasteiger partial charge in [-0.1, -0.05) is 358 Å². The fourth-order valence-electron chi connectivity index (χ4n) is 18.1. The van der Waals surface area contributed by atoms with Crippen molar-refractivity contribution >= 4 is 0 Å². The highest BCUT2D eigenvalue weighted by Gasteiger charge is 2.42. The zero-order chi connectivity index (χ0) is 64.9. The normalized spacial score (nSPS) is 24.3. The topological polar surface area (TPSA) is 0 Å². The first-order valence-electron chi connectivity index (χ1n) is 40.4. The van der Waals surface area contributed by atoms with Crippen LogP contribution < -0.4 is 0 Å². The molecular formula is C86H172. The van der Waals surface area contributed by atoms with E-state index in [1.54, 1.807) is 0 Å². The largest absolute Gasteiger partial charge is 0.0654 e. The summed E-state index contributed by atoms with van der Waals surface area (Å²) in [7, 11) is 0. The van der Waals surface area contributed by atoms with E-state index in [0.29, 0.717) is 43.3 Å². The predicted molar refractivity (Wildman–Crippen MR) is 396 cm³/mol. The second-order valence-corrected chi connectivity index (χ2v) is 37.1. The highest BCUT2D eigenvalue weighted by atomic mass is 14.5. The van der Waals surface area contributed by atoms with Crippen LogP contribution in [0.3, 0.4) is 0 Å². The molecule has 516 valence electrons. The average molecular weight is 1210 g/mol. The maximum absolute atomic E-state index is 2.50. The van der Waals surface area contributed by atoms with Gasteiger partial charge in [0.25, 0.3) is 0 Å². The molecule has 0 aliphatic heterocycles. The zero-order valence-corrected chi connectivity index (χ0v) is 64.9. The van der Waals surface area contributed by atoms with E-state index in [2.05, 4.69) is 152 Å². The van der Waals surface area contributed by atoms with Crippen LogP contribution >= 0.6 is 0 Å². The quantitative estimate of drug-likeness (QED) is 0.135. The Balaban J connectivity index is 0.000000492. The van der Waals surface area contributed by atoms with Crippen LogP contribution in [0.4, 0.5) is 0 Å². The van der Waals surface area contributed by atoms with Crippen molar-refractivity contribution in [2.24, 2.45) is 66.0 Å². The summed E-state index contributed by atoms with van der Waals surface area (Å²) in [5, 5.41) is 0. The molecule has 0 aromatic heterocycles. The molecule has 0 aromatic rings. The van der Waals surface area contributed by atoms with Crippen molar-refractivity contribution < 1.29 is 0 Å². The molecule has 0 radical (unpaired) electrons. The predicted octanol–water partition coefficient (Wildman–Crippen LogP) is 31.8. The van der Waals surface area contributed by atoms with Gasteiger partial charge in [-0.2, -0.15) is 0 Å². The van der Waals surface area contributed by atoms with Crippen molar-refractivity contribution in [3.05, 3.63) is 0 Å². The second kappa shape index (κ2) is 43.1. The van der Waals surface area contributed by atoms with Crippen LogP contribution in [0.25, 0.3) is 0 Å². The molecule has 0 heteroatoms. The summed E-state index contributed by atoms with van der Waals surface area (Å²) in [6.45, 7) is 52.8. The SMILES string of the molecule is CC(C)CC1(C)CCCC1.CC(C)CC1(C)CCCCC1.CCC(C)(C)C1(C)CCCC1.CCC(C)(C)C1(C)CCCCC1.CCC1(C)CCCCCC1.CCC1(C)CCCCCCC1.CCCCC1(C)CCCC1.CCCCC1(C)CCCCC1. The first kappa shape index (κ1) is 84.0. The Bertz CT molecular complexity index is 1540. The Kier molecular flexibility index (Phi) is 42.1. The fourth-order valence-corrected chi connectivity index (χ4v) is 18.1. The molecule has 0 nitrogen and oxygen atoms in total. The lowest BCUT2D eigenvalue weighted by molar-refractivity contribution is 0.0405. The zero-order valence-electron chi connectivity index (χ0n) is 64.9. The molecule has 8 rings (SSSR count). The number of hydrogen-bond donors (Lipinski definition) is 0. The van der Waals surface area contributed by atoms with E-state index in [9.17, 15) is 0 Å². The van der Waals surface area contributed by atoms with Gasteiger partial charge in [-0.3, -0.25) is 0 Å². The van der Waals surface area contributed by atoms with Crippen LogP contribution in [0.2, 0.25) is 0 Å². The molecule has 0 unspecified atom stereocenters. The molecular weight excluding hydrogens is 1030 g/mol. The van der Waals surface area contributed by atoms with Gasteiger partial charge in [-0.25, -0.2) is 0 Å². The molecule has 0 atom stereocenters. The third-order valence-corrected chi connectivity index (χ3v) is 27.1. The molecule has 0 spiro atoms. The Labute approximate surface area is 549 Å². The van der Waals surface area contributed by atoms with Gasteiger partial charge < -0.3 is 0 Å². The molecule has 0 amide bonds. The first-order valence-corrected chi connectivity index (χ1v) is 40.4. The maximum atomic E-state index is 2.50. The van der Waals surface area contributed by atoms with Crippen molar-refractivity contribution in [2.45, 2.75) is 486 Å². The lowest BCUT2D eigenvalue weighted by Crippen LogP contribution is -2.36. The Morgan fingerprint density at radius 1 is 0.256 bits per heavy atom. The summed E-state index contributed by atoms with van der Waals surface area (Å²) in [5.41, 5.74) is 6.67. The monoisotopic (exact) mass is 1210 g/mol. The molecule has 0 bridgehead atoms. The van der Waals surface area contributed by atoms with E-state index in [1.165, 1.54) is 334 Å². The van der Waals surface area contributed by atoms with Crippen LogP contribution in [-0.4, -0.2) is 0 Å². The van der Waals surface area contributed by atoms with Crippen molar-refractivity contribution in [3.8, 4) is 0 Å². The Morgan fingerprint density at radius 3 is 0.663 bits per heavy atom. The third-order valence-electron chi connectivity index (χ3n) is 27.1. The molecule has 0 N–H and O–H groups in total. The summed E-state index contributed by atoms with van der Waals surface area (Å²) in [6.07, 6.45) is 75.9. The van der Waals surface area contributed by atoms with Crippen LogP contribution in [0.5, 0.6) is 0 Å². The Hall–Kier alpha value is 0. The molecule has 8 aliphatic rings. The highest BCUT2D eigenvalue weighted by molar-refractivity contribution is 4.93.